The van der Waals surface area contributed by atoms with Crippen LogP contribution >= 0.6 is 0 Å². The SMILES string of the molecule is CN1CCC(N(C)C(=O)c2ccnc(OCc3ccccc3)c2)CC1. The van der Waals surface area contributed by atoms with Gasteiger partial charge in [0.2, 0.25) is 5.88 Å². The fourth-order valence-electron chi connectivity index (χ4n) is 3.10. The van der Waals surface area contributed by atoms with E-state index in [1.807, 2.05) is 42.3 Å². The molecule has 0 aliphatic carbocycles. The molecule has 5 heteroatoms. The Labute approximate surface area is 149 Å². The van der Waals surface area contributed by atoms with E-state index in [0.717, 1.165) is 31.5 Å². The highest BCUT2D eigenvalue weighted by Gasteiger charge is 2.25. The summed E-state index contributed by atoms with van der Waals surface area (Å²) in [5.74, 6) is 0.507. The number of aromatic nitrogens is 1. The lowest BCUT2D eigenvalue weighted by Crippen LogP contribution is -2.44. The minimum Gasteiger partial charge on any atom is -0.473 e. The number of piperidine rings is 1. The van der Waals surface area contributed by atoms with Crippen LogP contribution in [0, 0.1) is 0 Å². The number of amides is 1. The van der Waals surface area contributed by atoms with E-state index < -0.39 is 0 Å². The van der Waals surface area contributed by atoms with Crippen LogP contribution in [0.25, 0.3) is 0 Å². The second-order valence-corrected chi connectivity index (χ2v) is 6.61. The minimum atomic E-state index is 0.0292. The van der Waals surface area contributed by atoms with Crippen molar-refractivity contribution in [1.82, 2.24) is 14.8 Å². The maximum absolute atomic E-state index is 12.8. The summed E-state index contributed by atoms with van der Waals surface area (Å²) in [5.41, 5.74) is 1.70. The molecule has 1 fully saturated rings. The van der Waals surface area contributed by atoms with Gasteiger partial charge in [-0.05, 0) is 44.6 Å². The van der Waals surface area contributed by atoms with E-state index in [2.05, 4.69) is 16.9 Å². The van der Waals surface area contributed by atoms with Crippen molar-refractivity contribution in [3.05, 3.63) is 59.8 Å². The molecule has 1 amide bonds. The van der Waals surface area contributed by atoms with Crippen molar-refractivity contribution in [3.63, 3.8) is 0 Å². The Bertz CT molecular complexity index is 697. The Kier molecular flexibility index (Phi) is 5.66. The van der Waals surface area contributed by atoms with Crippen molar-refractivity contribution in [3.8, 4) is 5.88 Å². The normalized spacial score (nSPS) is 15.8. The van der Waals surface area contributed by atoms with Crippen molar-refractivity contribution in [1.29, 1.82) is 0 Å². The minimum absolute atomic E-state index is 0.0292. The van der Waals surface area contributed by atoms with Gasteiger partial charge in [0.25, 0.3) is 5.91 Å². The van der Waals surface area contributed by atoms with Gasteiger partial charge in [0.05, 0.1) is 0 Å². The summed E-state index contributed by atoms with van der Waals surface area (Å²) in [5, 5.41) is 0. The molecule has 0 saturated carbocycles. The molecule has 1 saturated heterocycles. The molecule has 0 bridgehead atoms. The number of likely N-dealkylation sites (tertiary alicyclic amines) is 1. The molecule has 1 aromatic heterocycles. The van der Waals surface area contributed by atoms with Crippen LogP contribution in [0.1, 0.15) is 28.8 Å². The average molecular weight is 339 g/mol. The highest BCUT2D eigenvalue weighted by atomic mass is 16.5. The zero-order valence-corrected chi connectivity index (χ0v) is 14.9. The first-order chi connectivity index (χ1) is 12.1. The Morgan fingerprint density at radius 3 is 2.68 bits per heavy atom. The second-order valence-electron chi connectivity index (χ2n) is 6.61. The molecule has 5 nitrogen and oxygen atoms in total. The van der Waals surface area contributed by atoms with Gasteiger partial charge in [0.15, 0.2) is 0 Å². The van der Waals surface area contributed by atoms with Crippen molar-refractivity contribution < 1.29 is 9.53 Å². The van der Waals surface area contributed by atoms with Gasteiger partial charge in [-0.3, -0.25) is 4.79 Å². The van der Waals surface area contributed by atoms with Crippen molar-refractivity contribution >= 4 is 5.91 Å². The fraction of sp³-hybridized carbons (Fsp3) is 0.400. The number of nitrogens with zero attached hydrogens (tertiary/aromatic N) is 3. The molecular formula is C20H25N3O2. The van der Waals surface area contributed by atoms with Crippen molar-refractivity contribution in [2.75, 3.05) is 27.2 Å². The van der Waals surface area contributed by atoms with E-state index in [-0.39, 0.29) is 5.91 Å². The number of pyridine rings is 1. The van der Waals surface area contributed by atoms with Crippen LogP contribution in [-0.2, 0) is 6.61 Å². The maximum atomic E-state index is 12.8. The zero-order valence-electron chi connectivity index (χ0n) is 14.9. The zero-order chi connectivity index (χ0) is 17.6. The number of benzene rings is 1. The Hall–Kier alpha value is -2.40. The number of ether oxygens (including phenoxy) is 1. The molecule has 1 aromatic carbocycles. The van der Waals surface area contributed by atoms with Gasteiger partial charge in [-0.15, -0.1) is 0 Å². The number of carbonyl (C=O) groups excluding carboxylic acids is 1. The van der Waals surface area contributed by atoms with E-state index >= 15 is 0 Å². The lowest BCUT2D eigenvalue weighted by molar-refractivity contribution is 0.0659. The highest BCUT2D eigenvalue weighted by molar-refractivity contribution is 5.94. The smallest absolute Gasteiger partial charge is 0.254 e. The first-order valence-electron chi connectivity index (χ1n) is 8.72. The number of hydrogen-bond acceptors (Lipinski definition) is 4. The molecule has 2 heterocycles. The average Bonchev–Trinajstić information content (AvgIpc) is 2.67. The third kappa shape index (κ3) is 4.57. The molecule has 1 aliphatic rings. The topological polar surface area (TPSA) is 45.7 Å². The van der Waals surface area contributed by atoms with E-state index in [4.69, 9.17) is 4.74 Å². The van der Waals surface area contributed by atoms with Crippen LogP contribution in [-0.4, -0.2) is 53.9 Å². The summed E-state index contributed by atoms with van der Waals surface area (Å²) in [7, 11) is 4.01. The van der Waals surface area contributed by atoms with Crippen LogP contribution < -0.4 is 4.74 Å². The number of carbonyl (C=O) groups is 1. The Morgan fingerprint density at radius 1 is 1.24 bits per heavy atom. The van der Waals surface area contributed by atoms with Crippen LogP contribution in [0.4, 0.5) is 0 Å². The van der Waals surface area contributed by atoms with Crippen molar-refractivity contribution in [2.45, 2.75) is 25.5 Å². The molecule has 1 aliphatic heterocycles. The molecule has 0 spiro atoms. The van der Waals surface area contributed by atoms with Crippen LogP contribution in [0.2, 0.25) is 0 Å². The summed E-state index contributed by atoms with van der Waals surface area (Å²) < 4.78 is 5.73. The van der Waals surface area contributed by atoms with Gasteiger partial charge in [-0.2, -0.15) is 0 Å². The maximum Gasteiger partial charge on any atom is 0.254 e. The first kappa shape index (κ1) is 17.4. The third-order valence-electron chi connectivity index (χ3n) is 4.77. The van der Waals surface area contributed by atoms with E-state index in [1.165, 1.54) is 0 Å². The summed E-state index contributed by atoms with van der Waals surface area (Å²) >= 11 is 0. The quantitative estimate of drug-likeness (QED) is 0.840. The first-order valence-corrected chi connectivity index (χ1v) is 8.72. The molecule has 25 heavy (non-hydrogen) atoms. The fourth-order valence-corrected chi connectivity index (χ4v) is 3.10. The lowest BCUT2D eigenvalue weighted by atomic mass is 10.0. The third-order valence-corrected chi connectivity index (χ3v) is 4.77. The van der Waals surface area contributed by atoms with Crippen LogP contribution in [0.5, 0.6) is 5.88 Å². The van der Waals surface area contributed by atoms with Gasteiger partial charge >= 0.3 is 0 Å². The molecule has 0 N–H and O–H groups in total. The van der Waals surface area contributed by atoms with E-state index in [9.17, 15) is 4.79 Å². The summed E-state index contributed by atoms with van der Waals surface area (Å²) in [6.07, 6.45) is 3.67. The molecule has 0 unspecified atom stereocenters. The molecular weight excluding hydrogens is 314 g/mol. The van der Waals surface area contributed by atoms with Gasteiger partial charge in [0, 0.05) is 30.9 Å². The second kappa shape index (κ2) is 8.12. The van der Waals surface area contributed by atoms with E-state index in [0.29, 0.717) is 24.1 Å². The monoisotopic (exact) mass is 339 g/mol. The van der Waals surface area contributed by atoms with Crippen molar-refractivity contribution in [2.24, 2.45) is 0 Å². The van der Waals surface area contributed by atoms with Gasteiger partial charge in [-0.1, -0.05) is 30.3 Å². The van der Waals surface area contributed by atoms with Crippen LogP contribution in [0.15, 0.2) is 48.7 Å². The Balaban J connectivity index is 1.63. The highest BCUT2D eigenvalue weighted by Crippen LogP contribution is 2.18. The van der Waals surface area contributed by atoms with Gasteiger partial charge in [0.1, 0.15) is 6.61 Å². The van der Waals surface area contributed by atoms with Crippen LogP contribution in [0.3, 0.4) is 0 Å². The predicted octanol–water partition coefficient (Wildman–Crippen LogP) is 2.83. The largest absolute Gasteiger partial charge is 0.473 e. The Morgan fingerprint density at radius 2 is 1.96 bits per heavy atom. The summed E-state index contributed by atoms with van der Waals surface area (Å²) in [4.78, 5) is 21.2. The predicted molar refractivity (Wildman–Crippen MR) is 97.6 cm³/mol. The molecule has 0 radical (unpaired) electrons. The standard InChI is InChI=1S/C20H25N3O2/c1-22-12-9-18(10-13-22)23(2)20(24)17-8-11-21-19(14-17)25-15-16-6-4-3-5-7-16/h3-8,11,14,18H,9-10,12-13,15H2,1-2H3. The summed E-state index contributed by atoms with van der Waals surface area (Å²) in [6.45, 7) is 2.50. The molecule has 132 valence electrons. The van der Waals surface area contributed by atoms with Gasteiger partial charge in [-0.25, -0.2) is 4.98 Å². The lowest BCUT2D eigenvalue weighted by Gasteiger charge is -2.35. The summed E-state index contributed by atoms with van der Waals surface area (Å²) in [6, 6.07) is 13.7. The number of rotatable bonds is 5. The number of hydrogen-bond donors (Lipinski definition) is 0. The van der Waals surface area contributed by atoms with Gasteiger partial charge < -0.3 is 14.5 Å². The molecule has 0 atom stereocenters. The molecule has 2 aromatic rings. The molecule has 3 rings (SSSR count). The van der Waals surface area contributed by atoms with E-state index in [1.54, 1.807) is 18.3 Å².